The SMILES string of the molecule is C=CC(=O)NC(CO)(CO)CO.C=CC(=O)NC(NC(=O)C=C)C(=O)O. The van der Waals surface area contributed by atoms with Crippen LogP contribution in [0.15, 0.2) is 38.0 Å². The molecule has 0 rings (SSSR count). The van der Waals surface area contributed by atoms with E-state index < -0.39 is 55.2 Å². The molecule has 7 N–H and O–H groups in total. The monoisotopic (exact) mass is 373 g/mol. The van der Waals surface area contributed by atoms with Crippen molar-refractivity contribution in [2.75, 3.05) is 19.8 Å². The molecule has 0 bridgehead atoms. The maximum absolute atomic E-state index is 10.7. The van der Waals surface area contributed by atoms with Crippen LogP contribution in [-0.4, -0.2) is 75.6 Å². The highest BCUT2D eigenvalue weighted by Crippen LogP contribution is 2.00. The fraction of sp³-hybridized carbons (Fsp3) is 0.333. The van der Waals surface area contributed by atoms with Crippen molar-refractivity contribution in [3.8, 4) is 0 Å². The van der Waals surface area contributed by atoms with Crippen LogP contribution >= 0.6 is 0 Å². The van der Waals surface area contributed by atoms with E-state index in [4.69, 9.17) is 20.4 Å². The van der Waals surface area contributed by atoms with Gasteiger partial charge in [-0.15, -0.1) is 0 Å². The largest absolute Gasteiger partial charge is 0.478 e. The molecule has 0 aliphatic heterocycles. The lowest BCUT2D eigenvalue weighted by Crippen LogP contribution is -2.56. The first-order valence-electron chi connectivity index (χ1n) is 7.01. The van der Waals surface area contributed by atoms with Gasteiger partial charge < -0.3 is 36.4 Å². The summed E-state index contributed by atoms with van der Waals surface area (Å²) in [6, 6.07) is 0. The molecular formula is C15H23N3O8. The summed E-state index contributed by atoms with van der Waals surface area (Å²) in [5.74, 6) is -3.31. The lowest BCUT2D eigenvalue weighted by Gasteiger charge is -2.27. The number of rotatable bonds is 10. The maximum atomic E-state index is 10.7. The third-order valence-corrected chi connectivity index (χ3v) is 2.67. The minimum absolute atomic E-state index is 0.528. The second-order valence-electron chi connectivity index (χ2n) is 4.64. The van der Waals surface area contributed by atoms with E-state index in [2.05, 4.69) is 25.1 Å². The van der Waals surface area contributed by atoms with Crippen molar-refractivity contribution in [3.63, 3.8) is 0 Å². The highest BCUT2D eigenvalue weighted by molar-refractivity contribution is 5.94. The summed E-state index contributed by atoms with van der Waals surface area (Å²) in [6.45, 7) is 7.88. The predicted molar refractivity (Wildman–Crippen MR) is 90.4 cm³/mol. The van der Waals surface area contributed by atoms with Crippen molar-refractivity contribution in [1.29, 1.82) is 0 Å². The molecule has 3 amide bonds. The molecule has 0 heterocycles. The van der Waals surface area contributed by atoms with Gasteiger partial charge >= 0.3 is 5.97 Å². The zero-order valence-corrected chi connectivity index (χ0v) is 14.0. The van der Waals surface area contributed by atoms with Gasteiger partial charge in [0.2, 0.25) is 23.9 Å². The fourth-order valence-electron chi connectivity index (χ4n) is 1.14. The number of aliphatic carboxylic acids is 1. The third kappa shape index (κ3) is 9.97. The van der Waals surface area contributed by atoms with Gasteiger partial charge in [-0.25, -0.2) is 4.79 Å². The van der Waals surface area contributed by atoms with E-state index in [1.54, 1.807) is 0 Å². The third-order valence-electron chi connectivity index (χ3n) is 2.67. The normalized spacial score (nSPS) is 9.85. The van der Waals surface area contributed by atoms with E-state index in [-0.39, 0.29) is 0 Å². The first kappa shape index (κ1) is 25.2. The number of hydrogen-bond acceptors (Lipinski definition) is 7. The van der Waals surface area contributed by atoms with Crippen molar-refractivity contribution in [3.05, 3.63) is 38.0 Å². The molecule has 0 aromatic carbocycles. The smallest absolute Gasteiger partial charge is 0.347 e. The van der Waals surface area contributed by atoms with Crippen LogP contribution in [0.4, 0.5) is 0 Å². The van der Waals surface area contributed by atoms with Crippen molar-refractivity contribution >= 4 is 23.7 Å². The number of carbonyl (C=O) groups excluding carboxylic acids is 3. The Balaban J connectivity index is 0. The Labute approximate surface area is 149 Å². The van der Waals surface area contributed by atoms with E-state index >= 15 is 0 Å². The number of nitrogens with one attached hydrogen (secondary N) is 3. The Morgan fingerprint density at radius 3 is 1.38 bits per heavy atom. The Bertz CT molecular complexity index is 513. The number of carbonyl (C=O) groups is 4. The first-order chi connectivity index (χ1) is 12.1. The van der Waals surface area contributed by atoms with Crippen molar-refractivity contribution in [2.24, 2.45) is 0 Å². The Hall–Kier alpha value is -3.02. The van der Waals surface area contributed by atoms with Crippen LogP contribution < -0.4 is 16.0 Å². The minimum Gasteiger partial charge on any atom is -0.478 e. The molecule has 0 saturated carbocycles. The van der Waals surface area contributed by atoms with Gasteiger partial charge in [-0.3, -0.25) is 14.4 Å². The van der Waals surface area contributed by atoms with E-state index in [1.807, 2.05) is 10.6 Å². The van der Waals surface area contributed by atoms with Crippen LogP contribution in [0.3, 0.4) is 0 Å². The lowest BCUT2D eigenvalue weighted by molar-refractivity contribution is -0.143. The van der Waals surface area contributed by atoms with Crippen molar-refractivity contribution < 1.29 is 39.6 Å². The highest BCUT2D eigenvalue weighted by Gasteiger charge is 2.28. The van der Waals surface area contributed by atoms with Crippen molar-refractivity contribution in [1.82, 2.24) is 16.0 Å². The van der Waals surface area contributed by atoms with Gasteiger partial charge in [-0.05, 0) is 18.2 Å². The number of aliphatic hydroxyl groups is 3. The molecule has 0 aliphatic rings. The van der Waals surface area contributed by atoms with Crippen molar-refractivity contribution in [2.45, 2.75) is 11.7 Å². The number of aliphatic hydroxyl groups excluding tert-OH is 3. The van der Waals surface area contributed by atoms with Gasteiger partial charge in [0.1, 0.15) is 5.54 Å². The Morgan fingerprint density at radius 1 is 0.808 bits per heavy atom. The molecule has 0 fully saturated rings. The van der Waals surface area contributed by atoms with Gasteiger partial charge in [0.05, 0.1) is 19.8 Å². The molecule has 0 unspecified atom stereocenters. The highest BCUT2D eigenvalue weighted by atomic mass is 16.4. The van der Waals surface area contributed by atoms with Gasteiger partial charge in [0.15, 0.2) is 0 Å². The van der Waals surface area contributed by atoms with Crippen LogP contribution in [0.2, 0.25) is 0 Å². The number of hydrogen-bond donors (Lipinski definition) is 7. The molecule has 0 aliphatic carbocycles. The summed E-state index contributed by atoms with van der Waals surface area (Å²) in [7, 11) is 0. The number of carboxylic acid groups (broad SMARTS) is 1. The van der Waals surface area contributed by atoms with Gasteiger partial charge in [-0.2, -0.15) is 0 Å². The molecule has 11 heteroatoms. The summed E-state index contributed by atoms with van der Waals surface area (Å²) in [6.07, 6.45) is 1.31. The average molecular weight is 373 g/mol. The molecule has 146 valence electrons. The lowest BCUT2D eigenvalue weighted by atomic mass is 10.0. The minimum atomic E-state index is -1.48. The first-order valence-corrected chi connectivity index (χ1v) is 7.01. The van der Waals surface area contributed by atoms with Gasteiger partial charge in [0.25, 0.3) is 0 Å². The molecule has 0 aromatic heterocycles. The average Bonchev–Trinajstić information content (AvgIpc) is 2.65. The standard InChI is InChI=1S/C8H10N2O4.C7H13NO4/c1-3-5(11)9-7(8(13)14)10-6(12)4-2;1-2-6(12)8-7(3-9,4-10)5-11/h3-4,7H,1-2H2,(H,9,11)(H,10,12)(H,13,14);2,9-11H,1,3-5H2,(H,8,12). The molecular weight excluding hydrogens is 350 g/mol. The molecule has 0 aromatic rings. The van der Waals surface area contributed by atoms with Crippen LogP contribution in [-0.2, 0) is 19.2 Å². The summed E-state index contributed by atoms with van der Waals surface area (Å²) in [5.41, 5.74) is -1.36. The van der Waals surface area contributed by atoms with Crippen LogP contribution in [0.5, 0.6) is 0 Å². The van der Waals surface area contributed by atoms with Crippen LogP contribution in [0.25, 0.3) is 0 Å². The maximum Gasteiger partial charge on any atom is 0.347 e. The summed E-state index contributed by atoms with van der Waals surface area (Å²) < 4.78 is 0. The topological polar surface area (TPSA) is 185 Å². The molecule has 0 spiro atoms. The summed E-state index contributed by atoms with van der Waals surface area (Å²) in [4.78, 5) is 42.7. The van der Waals surface area contributed by atoms with E-state index in [0.717, 1.165) is 18.2 Å². The zero-order valence-electron chi connectivity index (χ0n) is 14.0. The molecule has 0 radical (unpaired) electrons. The molecule has 0 saturated heterocycles. The summed E-state index contributed by atoms with van der Waals surface area (Å²) >= 11 is 0. The van der Waals surface area contributed by atoms with E-state index in [9.17, 15) is 19.2 Å². The zero-order chi connectivity index (χ0) is 20.8. The number of amides is 3. The number of carboxylic acids is 1. The van der Waals surface area contributed by atoms with Gasteiger partial charge in [-0.1, -0.05) is 19.7 Å². The van der Waals surface area contributed by atoms with Gasteiger partial charge in [0, 0.05) is 0 Å². The second-order valence-corrected chi connectivity index (χ2v) is 4.64. The summed E-state index contributed by atoms with van der Waals surface area (Å²) in [5, 5.41) is 41.0. The quantitative estimate of drug-likeness (QED) is 0.156. The molecule has 0 atom stereocenters. The molecule has 11 nitrogen and oxygen atoms in total. The Morgan fingerprint density at radius 2 is 1.15 bits per heavy atom. The van der Waals surface area contributed by atoms with E-state index in [1.165, 1.54) is 0 Å². The van der Waals surface area contributed by atoms with Crippen LogP contribution in [0.1, 0.15) is 0 Å². The Kier molecular flexibility index (Phi) is 12.9. The molecule has 26 heavy (non-hydrogen) atoms. The predicted octanol–water partition coefficient (Wildman–Crippen LogP) is -2.99. The second kappa shape index (κ2) is 13.3. The fourth-order valence-corrected chi connectivity index (χ4v) is 1.14. The van der Waals surface area contributed by atoms with E-state index in [0.29, 0.717) is 0 Å². The van der Waals surface area contributed by atoms with Crippen LogP contribution in [0, 0.1) is 0 Å².